The maximum Gasteiger partial charge on any atom is 0.407 e. The number of rotatable bonds is 9. The molecule has 2 amide bonds. The van der Waals surface area contributed by atoms with Crippen LogP contribution in [0.1, 0.15) is 56.6 Å². The highest BCUT2D eigenvalue weighted by molar-refractivity contribution is 5.81. The number of aliphatic carboxylic acids is 1. The Morgan fingerprint density at radius 2 is 1.69 bits per heavy atom. The Labute approximate surface area is 206 Å². The quantitative estimate of drug-likeness (QED) is 0.547. The van der Waals surface area contributed by atoms with Crippen molar-refractivity contribution >= 4 is 18.0 Å². The zero-order chi connectivity index (χ0) is 24.9. The van der Waals surface area contributed by atoms with Crippen molar-refractivity contribution in [2.24, 2.45) is 11.8 Å². The average molecular weight is 479 g/mol. The minimum Gasteiger partial charge on any atom is -0.481 e. The fourth-order valence-corrected chi connectivity index (χ4v) is 5.73. The van der Waals surface area contributed by atoms with Crippen molar-refractivity contribution in [3.05, 3.63) is 59.7 Å². The monoisotopic (exact) mass is 478 g/mol. The third kappa shape index (κ3) is 5.34. The van der Waals surface area contributed by atoms with E-state index in [9.17, 15) is 14.4 Å². The Morgan fingerprint density at radius 1 is 1.06 bits per heavy atom. The molecule has 0 aliphatic heterocycles. The van der Waals surface area contributed by atoms with Gasteiger partial charge in [-0.3, -0.25) is 9.59 Å². The van der Waals surface area contributed by atoms with Crippen LogP contribution in [0.5, 0.6) is 0 Å². The average Bonchev–Trinajstić information content (AvgIpc) is 3.44. The van der Waals surface area contributed by atoms with Crippen LogP contribution in [0.4, 0.5) is 4.79 Å². The van der Waals surface area contributed by atoms with E-state index in [2.05, 4.69) is 29.6 Å². The number of nitrogens with one attached hydrogen (secondary N) is 1. The van der Waals surface area contributed by atoms with Gasteiger partial charge >= 0.3 is 12.1 Å². The summed E-state index contributed by atoms with van der Waals surface area (Å²) >= 11 is 0. The molecule has 0 heterocycles. The standard InChI is InChI=1S/C28H34N2O5/c1-3-30(18(2)15-26(31)32)27(33)20-14-8-9-19(20)16-29-28(34)35-17-25-23-12-6-4-10-21(23)22-11-5-7-13-24(22)25/h4-7,10-13,18-20,25H,3,8-9,14-17H2,1-2H3,(H,29,34)(H,31,32). The van der Waals surface area contributed by atoms with Crippen LogP contribution >= 0.6 is 0 Å². The predicted octanol–water partition coefficient (Wildman–Crippen LogP) is 4.65. The van der Waals surface area contributed by atoms with Crippen molar-refractivity contribution in [1.82, 2.24) is 10.2 Å². The number of ether oxygens (including phenoxy) is 1. The summed E-state index contributed by atoms with van der Waals surface area (Å²) in [6.07, 6.45) is 1.97. The molecule has 0 spiro atoms. The Morgan fingerprint density at radius 3 is 2.29 bits per heavy atom. The summed E-state index contributed by atoms with van der Waals surface area (Å²) in [6.45, 7) is 4.74. The van der Waals surface area contributed by atoms with Gasteiger partial charge in [-0.25, -0.2) is 4.79 Å². The maximum absolute atomic E-state index is 13.2. The lowest BCUT2D eigenvalue weighted by Crippen LogP contribution is -2.45. The number of alkyl carbamates (subject to hydrolysis) is 1. The fraction of sp³-hybridized carbons (Fsp3) is 0.464. The molecule has 3 atom stereocenters. The van der Waals surface area contributed by atoms with Crippen LogP contribution in [0.2, 0.25) is 0 Å². The molecule has 2 aromatic rings. The Balaban J connectivity index is 1.32. The summed E-state index contributed by atoms with van der Waals surface area (Å²) in [7, 11) is 0. The van der Waals surface area contributed by atoms with E-state index in [0.29, 0.717) is 13.1 Å². The van der Waals surface area contributed by atoms with Crippen LogP contribution in [0.3, 0.4) is 0 Å². The first kappa shape index (κ1) is 24.8. The van der Waals surface area contributed by atoms with E-state index < -0.39 is 12.1 Å². The number of carbonyl (C=O) groups is 3. The topological polar surface area (TPSA) is 95.9 Å². The van der Waals surface area contributed by atoms with Crippen LogP contribution in [-0.2, 0) is 14.3 Å². The van der Waals surface area contributed by atoms with E-state index in [4.69, 9.17) is 9.84 Å². The molecule has 4 rings (SSSR count). The van der Waals surface area contributed by atoms with E-state index >= 15 is 0 Å². The molecule has 1 fully saturated rings. The van der Waals surface area contributed by atoms with Gasteiger partial charge in [0, 0.05) is 31.0 Å². The van der Waals surface area contributed by atoms with Crippen molar-refractivity contribution in [3.8, 4) is 11.1 Å². The number of amides is 2. The highest BCUT2D eigenvalue weighted by atomic mass is 16.5. The number of carboxylic acid groups (broad SMARTS) is 1. The molecule has 35 heavy (non-hydrogen) atoms. The molecule has 7 heteroatoms. The Kier molecular flexibility index (Phi) is 7.73. The highest BCUT2D eigenvalue weighted by Gasteiger charge is 2.37. The van der Waals surface area contributed by atoms with Gasteiger partial charge in [-0.05, 0) is 54.9 Å². The molecule has 0 aromatic heterocycles. The lowest BCUT2D eigenvalue weighted by molar-refractivity contribution is -0.142. The zero-order valence-electron chi connectivity index (χ0n) is 20.4. The van der Waals surface area contributed by atoms with Gasteiger partial charge in [0.15, 0.2) is 0 Å². The second kappa shape index (κ2) is 10.9. The van der Waals surface area contributed by atoms with Gasteiger partial charge < -0.3 is 20.1 Å². The Hall–Kier alpha value is -3.35. The zero-order valence-corrected chi connectivity index (χ0v) is 20.4. The largest absolute Gasteiger partial charge is 0.481 e. The van der Waals surface area contributed by atoms with Gasteiger partial charge in [0.05, 0.1) is 6.42 Å². The molecule has 2 aliphatic carbocycles. The lowest BCUT2D eigenvalue weighted by atomic mass is 9.93. The predicted molar refractivity (Wildman–Crippen MR) is 133 cm³/mol. The third-order valence-corrected chi connectivity index (χ3v) is 7.45. The molecule has 186 valence electrons. The number of carbonyl (C=O) groups excluding carboxylic acids is 2. The number of benzene rings is 2. The maximum atomic E-state index is 13.2. The van der Waals surface area contributed by atoms with Crippen molar-refractivity contribution in [3.63, 3.8) is 0 Å². The molecule has 2 aromatic carbocycles. The van der Waals surface area contributed by atoms with Crippen LogP contribution in [0.15, 0.2) is 48.5 Å². The van der Waals surface area contributed by atoms with E-state index in [1.165, 1.54) is 11.1 Å². The number of hydrogen-bond acceptors (Lipinski definition) is 4. The van der Waals surface area contributed by atoms with Gasteiger partial charge in [0.25, 0.3) is 0 Å². The summed E-state index contributed by atoms with van der Waals surface area (Å²) in [5.74, 6) is -1.11. The van der Waals surface area contributed by atoms with E-state index in [-0.39, 0.29) is 42.7 Å². The first-order valence-corrected chi connectivity index (χ1v) is 12.5. The van der Waals surface area contributed by atoms with Gasteiger partial charge in [0.1, 0.15) is 6.61 Å². The first-order valence-electron chi connectivity index (χ1n) is 12.5. The van der Waals surface area contributed by atoms with Crippen LogP contribution < -0.4 is 5.32 Å². The Bertz CT molecular complexity index is 1040. The number of carboxylic acids is 1. The van der Waals surface area contributed by atoms with E-state index in [1.54, 1.807) is 11.8 Å². The smallest absolute Gasteiger partial charge is 0.407 e. The summed E-state index contributed by atoms with van der Waals surface area (Å²) in [4.78, 5) is 38.5. The molecule has 0 saturated heterocycles. The third-order valence-electron chi connectivity index (χ3n) is 7.45. The van der Waals surface area contributed by atoms with Crippen molar-refractivity contribution in [1.29, 1.82) is 0 Å². The van der Waals surface area contributed by atoms with Gasteiger partial charge in [-0.2, -0.15) is 0 Å². The molecular weight excluding hydrogens is 444 g/mol. The van der Waals surface area contributed by atoms with Gasteiger partial charge in [-0.15, -0.1) is 0 Å². The molecule has 2 aliphatic rings. The fourth-order valence-electron chi connectivity index (χ4n) is 5.73. The van der Waals surface area contributed by atoms with Crippen molar-refractivity contribution < 1.29 is 24.2 Å². The normalized spacial score (nSPS) is 19.5. The molecule has 0 bridgehead atoms. The molecule has 7 nitrogen and oxygen atoms in total. The molecule has 2 N–H and O–H groups in total. The minimum atomic E-state index is -0.913. The van der Waals surface area contributed by atoms with Gasteiger partial charge in [0.2, 0.25) is 5.91 Å². The molecule has 1 saturated carbocycles. The van der Waals surface area contributed by atoms with Crippen LogP contribution in [0.25, 0.3) is 11.1 Å². The summed E-state index contributed by atoms with van der Waals surface area (Å²) in [6, 6.07) is 16.1. The second-order valence-corrected chi connectivity index (χ2v) is 9.58. The van der Waals surface area contributed by atoms with E-state index in [0.717, 1.165) is 30.4 Å². The number of nitrogens with zero attached hydrogens (tertiary/aromatic N) is 1. The second-order valence-electron chi connectivity index (χ2n) is 9.58. The molecule has 3 unspecified atom stereocenters. The first-order chi connectivity index (χ1) is 16.9. The lowest BCUT2D eigenvalue weighted by Gasteiger charge is -2.31. The summed E-state index contributed by atoms with van der Waals surface area (Å²) in [5, 5.41) is 12.0. The summed E-state index contributed by atoms with van der Waals surface area (Å²) < 4.78 is 5.64. The van der Waals surface area contributed by atoms with E-state index in [1.807, 2.05) is 31.2 Å². The summed E-state index contributed by atoms with van der Waals surface area (Å²) in [5.41, 5.74) is 4.69. The van der Waals surface area contributed by atoms with Crippen LogP contribution in [-0.4, -0.2) is 53.7 Å². The van der Waals surface area contributed by atoms with Crippen molar-refractivity contribution in [2.45, 2.75) is 51.5 Å². The molecular formula is C28H34N2O5. The molecule has 0 radical (unpaired) electrons. The minimum absolute atomic E-state index is 0.00259. The van der Waals surface area contributed by atoms with Crippen molar-refractivity contribution in [2.75, 3.05) is 19.7 Å². The van der Waals surface area contributed by atoms with Crippen LogP contribution in [0, 0.1) is 11.8 Å². The van der Waals surface area contributed by atoms with Gasteiger partial charge in [-0.1, -0.05) is 55.0 Å². The highest BCUT2D eigenvalue weighted by Crippen LogP contribution is 2.44. The SMILES string of the molecule is CCN(C(=O)C1CCCC1CNC(=O)OCC1c2ccccc2-c2ccccc21)C(C)CC(=O)O. The number of fused-ring (bicyclic) bond motifs is 3. The number of hydrogen-bond donors (Lipinski definition) is 2.